The van der Waals surface area contributed by atoms with Gasteiger partial charge in [0, 0.05) is 38.8 Å². The molecule has 1 aromatic carbocycles. The molecule has 1 amide bonds. The first-order valence-corrected chi connectivity index (χ1v) is 11.1. The van der Waals surface area contributed by atoms with Gasteiger partial charge < -0.3 is 20.3 Å². The first-order chi connectivity index (χ1) is 14.2. The summed E-state index contributed by atoms with van der Waals surface area (Å²) < 4.78 is 6.01. The summed E-state index contributed by atoms with van der Waals surface area (Å²) in [6.07, 6.45) is 8.09. The van der Waals surface area contributed by atoms with E-state index in [0.29, 0.717) is 19.3 Å². The van der Waals surface area contributed by atoms with Crippen molar-refractivity contribution in [1.29, 1.82) is 0 Å². The van der Waals surface area contributed by atoms with E-state index >= 15 is 0 Å². The fraction of sp³-hybridized carbons (Fsp3) is 0.652. The van der Waals surface area contributed by atoms with Crippen molar-refractivity contribution >= 4 is 35.8 Å². The van der Waals surface area contributed by atoms with Crippen LogP contribution in [0.25, 0.3) is 0 Å². The van der Waals surface area contributed by atoms with Crippen LogP contribution >= 0.6 is 24.0 Å². The molecule has 0 aromatic heterocycles. The molecule has 170 valence electrons. The molecule has 1 saturated carbocycles. The first kappa shape index (κ1) is 26.7. The molecule has 0 bridgehead atoms. The maximum absolute atomic E-state index is 12.4. The topological polar surface area (TPSA) is 66.0 Å². The van der Waals surface area contributed by atoms with Gasteiger partial charge in [0.1, 0.15) is 0 Å². The number of nitrogens with zero attached hydrogens (tertiary/aromatic N) is 2. The summed E-state index contributed by atoms with van der Waals surface area (Å²) in [7, 11) is 1.77. The Balaban J connectivity index is 0.00000450. The van der Waals surface area contributed by atoms with Crippen LogP contribution in [0.2, 0.25) is 0 Å². The number of nitrogens with one attached hydrogen (secondary N) is 2. The molecule has 0 heterocycles. The number of rotatable bonds is 9. The highest BCUT2D eigenvalue weighted by molar-refractivity contribution is 14.0. The van der Waals surface area contributed by atoms with Crippen LogP contribution in [0.3, 0.4) is 0 Å². The molecule has 7 heteroatoms. The van der Waals surface area contributed by atoms with Gasteiger partial charge in [-0.1, -0.05) is 37.8 Å². The third-order valence-electron chi connectivity index (χ3n) is 5.49. The predicted molar refractivity (Wildman–Crippen MR) is 135 cm³/mol. The normalized spacial score (nSPS) is 15.1. The second-order valence-corrected chi connectivity index (χ2v) is 7.51. The lowest BCUT2D eigenvalue weighted by molar-refractivity contribution is 0.0468. The van der Waals surface area contributed by atoms with Crippen LogP contribution < -0.4 is 10.6 Å². The number of benzene rings is 1. The summed E-state index contributed by atoms with van der Waals surface area (Å²) in [5.74, 6) is 0.846. The third kappa shape index (κ3) is 9.20. The number of carbonyl (C=O) groups is 1. The molecule has 0 radical (unpaired) electrons. The number of carbonyl (C=O) groups excluding carboxylic acids is 1. The van der Waals surface area contributed by atoms with Gasteiger partial charge >= 0.3 is 0 Å². The highest BCUT2D eigenvalue weighted by Gasteiger charge is 2.13. The van der Waals surface area contributed by atoms with Crippen molar-refractivity contribution in [1.82, 2.24) is 15.5 Å². The lowest BCUT2D eigenvalue weighted by atomic mass is 10.1. The SMILES string of the molecule is CCN(CC)C(=O)c1ccc(CNC(=NC)NCCOC2CCCCCC2)cc1.I. The number of hydrogen-bond acceptors (Lipinski definition) is 3. The Labute approximate surface area is 199 Å². The zero-order valence-corrected chi connectivity index (χ0v) is 21.1. The van der Waals surface area contributed by atoms with E-state index in [9.17, 15) is 4.79 Å². The van der Waals surface area contributed by atoms with E-state index in [2.05, 4.69) is 15.6 Å². The molecule has 1 fully saturated rings. The second-order valence-electron chi connectivity index (χ2n) is 7.51. The maximum atomic E-state index is 12.4. The van der Waals surface area contributed by atoms with Gasteiger partial charge in [-0.05, 0) is 44.4 Å². The summed E-state index contributed by atoms with van der Waals surface area (Å²) in [6, 6.07) is 7.78. The van der Waals surface area contributed by atoms with Crippen molar-refractivity contribution in [2.24, 2.45) is 4.99 Å². The van der Waals surface area contributed by atoms with Gasteiger partial charge in [0.2, 0.25) is 0 Å². The summed E-state index contributed by atoms with van der Waals surface area (Å²) >= 11 is 0. The van der Waals surface area contributed by atoms with E-state index in [-0.39, 0.29) is 29.9 Å². The van der Waals surface area contributed by atoms with E-state index in [1.807, 2.05) is 43.0 Å². The summed E-state index contributed by atoms with van der Waals surface area (Å²) in [5, 5.41) is 6.62. The van der Waals surface area contributed by atoms with Crippen LogP contribution in [0.15, 0.2) is 29.3 Å². The minimum absolute atomic E-state index is 0. The largest absolute Gasteiger partial charge is 0.376 e. The highest BCUT2D eigenvalue weighted by atomic mass is 127. The number of hydrogen-bond donors (Lipinski definition) is 2. The lowest BCUT2D eigenvalue weighted by Crippen LogP contribution is -2.39. The predicted octanol–water partition coefficient (Wildman–Crippen LogP) is 4.19. The van der Waals surface area contributed by atoms with Crippen molar-refractivity contribution in [2.45, 2.75) is 65.0 Å². The molecule has 6 nitrogen and oxygen atoms in total. The molecule has 0 atom stereocenters. The molecule has 0 aliphatic heterocycles. The Morgan fingerprint density at radius 2 is 1.70 bits per heavy atom. The highest BCUT2D eigenvalue weighted by Crippen LogP contribution is 2.19. The minimum Gasteiger partial charge on any atom is -0.376 e. The quantitative estimate of drug-likeness (QED) is 0.165. The lowest BCUT2D eigenvalue weighted by Gasteiger charge is -2.19. The molecule has 1 aromatic rings. The fourth-order valence-corrected chi connectivity index (χ4v) is 3.67. The smallest absolute Gasteiger partial charge is 0.253 e. The van der Waals surface area contributed by atoms with Crippen LogP contribution in [-0.2, 0) is 11.3 Å². The first-order valence-electron chi connectivity index (χ1n) is 11.1. The molecule has 2 N–H and O–H groups in total. The van der Waals surface area contributed by atoms with Crippen molar-refractivity contribution < 1.29 is 9.53 Å². The average molecular weight is 530 g/mol. The molecule has 0 spiro atoms. The number of amides is 1. The number of aliphatic imine (C=N–C) groups is 1. The van der Waals surface area contributed by atoms with Crippen LogP contribution in [0, 0.1) is 0 Å². The molecule has 1 aliphatic carbocycles. The molecule has 0 saturated heterocycles. The van der Waals surface area contributed by atoms with Crippen molar-refractivity contribution in [3.8, 4) is 0 Å². The number of ether oxygens (including phenoxy) is 1. The van der Waals surface area contributed by atoms with E-state index in [1.54, 1.807) is 7.05 Å². The summed E-state index contributed by atoms with van der Waals surface area (Å²) in [5.41, 5.74) is 1.84. The second kappa shape index (κ2) is 15.5. The summed E-state index contributed by atoms with van der Waals surface area (Å²) in [4.78, 5) is 18.5. The molecule has 2 rings (SSSR count). The molecular weight excluding hydrogens is 491 g/mol. The Hall–Kier alpha value is -1.35. The van der Waals surface area contributed by atoms with Crippen molar-refractivity contribution in [3.63, 3.8) is 0 Å². The van der Waals surface area contributed by atoms with E-state index in [0.717, 1.165) is 36.7 Å². The Morgan fingerprint density at radius 3 is 2.27 bits per heavy atom. The van der Waals surface area contributed by atoms with E-state index in [1.165, 1.54) is 38.5 Å². The standard InChI is InChI=1S/C23H38N4O2.HI/c1-4-27(5-2)22(28)20-14-12-19(13-15-20)18-26-23(24-3)25-16-17-29-21-10-8-6-7-9-11-21;/h12-15,21H,4-11,16-18H2,1-3H3,(H2,24,25,26);1H. The number of guanidine groups is 1. The van der Waals surface area contributed by atoms with Gasteiger partial charge in [-0.2, -0.15) is 0 Å². The maximum Gasteiger partial charge on any atom is 0.253 e. The zero-order chi connectivity index (χ0) is 20.9. The number of halogens is 1. The average Bonchev–Trinajstić information content (AvgIpc) is 3.03. The van der Waals surface area contributed by atoms with Crippen LogP contribution in [0.5, 0.6) is 0 Å². The monoisotopic (exact) mass is 530 g/mol. The molecule has 0 unspecified atom stereocenters. The summed E-state index contributed by atoms with van der Waals surface area (Å²) in [6.45, 7) is 7.56. The Kier molecular flexibility index (Phi) is 13.7. The molecule has 1 aliphatic rings. The van der Waals surface area contributed by atoms with Gasteiger partial charge in [0.05, 0.1) is 12.7 Å². The molecule has 30 heavy (non-hydrogen) atoms. The van der Waals surface area contributed by atoms with Crippen molar-refractivity contribution in [2.75, 3.05) is 33.3 Å². The van der Waals surface area contributed by atoms with Gasteiger partial charge in [0.15, 0.2) is 5.96 Å². The van der Waals surface area contributed by atoms with Crippen LogP contribution in [0.4, 0.5) is 0 Å². The third-order valence-corrected chi connectivity index (χ3v) is 5.49. The van der Waals surface area contributed by atoms with Gasteiger partial charge in [-0.15, -0.1) is 24.0 Å². The van der Waals surface area contributed by atoms with Gasteiger partial charge in [-0.3, -0.25) is 9.79 Å². The van der Waals surface area contributed by atoms with E-state index < -0.39 is 0 Å². The Morgan fingerprint density at radius 1 is 1.07 bits per heavy atom. The zero-order valence-electron chi connectivity index (χ0n) is 18.8. The van der Waals surface area contributed by atoms with Crippen molar-refractivity contribution in [3.05, 3.63) is 35.4 Å². The fourth-order valence-electron chi connectivity index (χ4n) is 3.67. The van der Waals surface area contributed by atoms with Gasteiger partial charge in [0.25, 0.3) is 5.91 Å². The minimum atomic E-state index is 0. The van der Waals surface area contributed by atoms with Gasteiger partial charge in [-0.25, -0.2) is 0 Å². The van der Waals surface area contributed by atoms with Crippen LogP contribution in [0.1, 0.15) is 68.3 Å². The van der Waals surface area contributed by atoms with E-state index in [4.69, 9.17) is 4.74 Å². The van der Waals surface area contributed by atoms with Crippen LogP contribution in [-0.4, -0.2) is 56.2 Å². The Bertz CT molecular complexity index is 625. The molecular formula is C23H39IN4O2.